The number of rotatable bonds is 6. The van der Waals surface area contributed by atoms with Crippen LogP contribution in [0.5, 0.6) is 0 Å². The third-order valence-electron chi connectivity index (χ3n) is 17.2. The van der Waals surface area contributed by atoms with Crippen molar-refractivity contribution in [3.05, 3.63) is 279 Å². The van der Waals surface area contributed by atoms with E-state index >= 15 is 0 Å². The van der Waals surface area contributed by atoms with Crippen LogP contribution in [0.2, 0.25) is 0 Å². The Bertz CT molecular complexity index is 4810. The van der Waals surface area contributed by atoms with Crippen molar-refractivity contribution in [2.75, 3.05) is 4.90 Å². The van der Waals surface area contributed by atoms with Crippen LogP contribution >= 0.6 is 0 Å². The van der Waals surface area contributed by atoms with Crippen LogP contribution in [0.15, 0.2) is 273 Å². The highest BCUT2D eigenvalue weighted by molar-refractivity contribution is 7.04. The maximum absolute atomic E-state index is 3.75. The molecule has 4 nitrogen and oxygen atoms in total. The molecule has 17 rings (SSSR count). The summed E-state index contributed by atoms with van der Waals surface area (Å²) in [7, 11) is -3.75. The van der Waals surface area contributed by atoms with Gasteiger partial charge < -0.3 is 17.9 Å². The molecule has 1 aliphatic carbocycles. The number of benzene rings is 11. The van der Waals surface area contributed by atoms with Gasteiger partial charge in [-0.2, -0.15) is 0 Å². The molecule has 2 atom stereocenters. The summed E-state index contributed by atoms with van der Waals surface area (Å²) < 4.78 is 8.43. The monoisotopic (exact) mass is 996 g/mol. The van der Waals surface area contributed by atoms with Gasteiger partial charge in [-0.3, -0.25) is 0 Å². The Balaban J connectivity index is 1.11. The van der Waals surface area contributed by atoms with Gasteiger partial charge in [0.1, 0.15) is 0 Å². The Kier molecular flexibility index (Phi) is 8.95. The zero-order valence-electron chi connectivity index (χ0n) is 42.1. The lowest BCUT2D eigenvalue weighted by Gasteiger charge is -2.46. The molecule has 360 valence electrons. The topological polar surface area (TPSA) is 18.0 Å². The first-order chi connectivity index (χ1) is 38.2. The van der Waals surface area contributed by atoms with Crippen molar-refractivity contribution < 1.29 is 0 Å². The first-order valence-electron chi connectivity index (χ1n) is 26.9. The summed E-state index contributed by atoms with van der Waals surface area (Å²) >= 11 is 0. The standard InChI is InChI=1S/C72H48N4Si/c1-6-18-47(19-7-1)51-30-35-56(36-31-51)73-63-40-33-53(49-22-10-3-11-23-49)45-67(63)77(68-46-54(34-41-64(68)73)50-24-12-4-13-25-50)75-61-29-17-16-28-57(61)58-37-42-65-69(71(58)75)70-66(74(65)55-26-14-5-15-27-55)43-38-59-60-44-52(48-20-8-2-9-21-48)32-39-62(60)76(77)72(59)70/h1-24,26-46,50H,25H2. The van der Waals surface area contributed by atoms with Crippen molar-refractivity contribution in [2.45, 2.75) is 12.3 Å². The quantitative estimate of drug-likeness (QED) is 0.152. The minimum Gasteiger partial charge on any atom is -0.341 e. The highest BCUT2D eigenvalue weighted by Crippen LogP contribution is 2.52. The molecule has 0 amide bonds. The Labute approximate surface area is 446 Å². The van der Waals surface area contributed by atoms with Gasteiger partial charge in [0, 0.05) is 82.4 Å². The predicted molar refractivity (Wildman–Crippen MR) is 326 cm³/mol. The van der Waals surface area contributed by atoms with Crippen LogP contribution in [0.1, 0.15) is 17.9 Å². The summed E-state index contributed by atoms with van der Waals surface area (Å²) in [6.45, 7) is 0. The Morgan fingerprint density at radius 1 is 0.351 bits per heavy atom. The van der Waals surface area contributed by atoms with Crippen LogP contribution in [-0.4, -0.2) is 21.4 Å². The summed E-state index contributed by atoms with van der Waals surface area (Å²) in [4.78, 5) is 2.59. The van der Waals surface area contributed by atoms with E-state index in [0.29, 0.717) is 0 Å². The van der Waals surface area contributed by atoms with Crippen LogP contribution in [0.3, 0.4) is 0 Å². The third-order valence-corrected chi connectivity index (χ3v) is 21.7. The molecule has 3 aliphatic rings. The molecule has 0 fully saturated rings. The van der Waals surface area contributed by atoms with Crippen molar-refractivity contribution in [1.29, 1.82) is 0 Å². The van der Waals surface area contributed by atoms with Crippen LogP contribution < -0.4 is 15.3 Å². The minimum absolute atomic E-state index is 0.227. The average molecular weight is 997 g/mol. The lowest BCUT2D eigenvalue weighted by Crippen LogP contribution is -2.72. The molecule has 1 spiro atoms. The second-order valence-electron chi connectivity index (χ2n) is 21.1. The molecule has 11 aromatic carbocycles. The highest BCUT2D eigenvalue weighted by atomic mass is 28.3. The van der Waals surface area contributed by atoms with Crippen molar-refractivity contribution in [2.24, 2.45) is 0 Å². The molecule has 14 aromatic rings. The van der Waals surface area contributed by atoms with Crippen molar-refractivity contribution in [3.63, 3.8) is 0 Å². The molecule has 0 radical (unpaired) electrons. The maximum atomic E-state index is 2.96. The summed E-state index contributed by atoms with van der Waals surface area (Å²) in [5.74, 6) is 0.227. The minimum atomic E-state index is -3.75. The molecule has 2 unspecified atom stereocenters. The molecule has 0 saturated heterocycles. The van der Waals surface area contributed by atoms with Gasteiger partial charge in [-0.25, -0.2) is 0 Å². The molecular formula is C72H48N4Si. The normalized spacial score (nSPS) is 16.3. The second-order valence-corrected chi connectivity index (χ2v) is 24.4. The summed E-state index contributed by atoms with van der Waals surface area (Å²) in [6, 6.07) is 94.4. The van der Waals surface area contributed by atoms with E-state index in [-0.39, 0.29) is 5.92 Å². The lowest BCUT2D eigenvalue weighted by atomic mass is 9.92. The SMILES string of the molecule is C1=CCC(c2ccc3c(c2)[Si]2(c4cc(-c5ccccc5)ccc4N3c3ccc(-c4ccccc4)cc3)n3c4ccccc4c4ccc5c(c6c(ccc7c8cc(-c9ccccc9)ccc8n2c76)n5-c2ccccc2)c43)C=C1. The number of hydrogen-bond acceptors (Lipinski definition) is 1. The van der Waals surface area contributed by atoms with Gasteiger partial charge in [-0.15, -0.1) is 0 Å². The predicted octanol–water partition coefficient (Wildman–Crippen LogP) is 17.3. The fourth-order valence-electron chi connectivity index (χ4n) is 14.0. The van der Waals surface area contributed by atoms with E-state index in [9.17, 15) is 0 Å². The van der Waals surface area contributed by atoms with E-state index < -0.39 is 8.40 Å². The fourth-order valence-corrected chi connectivity index (χ4v) is 19.4. The average Bonchev–Trinajstić information content (AvgIpc) is 4.34. The first kappa shape index (κ1) is 42.6. The third kappa shape index (κ3) is 5.86. The zero-order valence-corrected chi connectivity index (χ0v) is 43.1. The fraction of sp³-hybridized carbons (Fsp3) is 0.0278. The largest absolute Gasteiger partial charge is 0.344 e. The molecule has 3 aromatic heterocycles. The number of allylic oxidation sites excluding steroid dienone is 4. The maximum Gasteiger partial charge on any atom is 0.344 e. The second kappa shape index (κ2) is 16.2. The van der Waals surface area contributed by atoms with E-state index in [0.717, 1.165) is 17.8 Å². The Morgan fingerprint density at radius 2 is 0.857 bits per heavy atom. The Morgan fingerprint density at radius 3 is 1.51 bits per heavy atom. The molecule has 0 saturated carbocycles. The molecule has 5 heterocycles. The van der Waals surface area contributed by atoms with Crippen molar-refractivity contribution >= 4 is 101 Å². The lowest BCUT2D eigenvalue weighted by molar-refractivity contribution is 0.854. The number of nitrogens with zero attached hydrogens (tertiary/aromatic N) is 4. The van der Waals surface area contributed by atoms with Gasteiger partial charge in [0.25, 0.3) is 0 Å². The van der Waals surface area contributed by atoms with E-state index in [1.807, 2.05) is 0 Å². The highest BCUT2D eigenvalue weighted by Gasteiger charge is 2.55. The number of anilines is 3. The molecule has 2 aliphatic heterocycles. The van der Waals surface area contributed by atoms with Crippen LogP contribution in [0.25, 0.3) is 104 Å². The van der Waals surface area contributed by atoms with Gasteiger partial charge in [-0.1, -0.05) is 200 Å². The van der Waals surface area contributed by atoms with Gasteiger partial charge in [0.15, 0.2) is 0 Å². The zero-order chi connectivity index (χ0) is 50.3. The molecule has 77 heavy (non-hydrogen) atoms. The van der Waals surface area contributed by atoms with Crippen molar-refractivity contribution in [1.82, 2.24) is 13.0 Å². The summed E-state index contributed by atoms with van der Waals surface area (Å²) in [6.07, 6.45) is 10.1. The van der Waals surface area contributed by atoms with E-state index in [1.165, 1.54) is 126 Å². The number of hydrogen-bond donors (Lipinski definition) is 0. The number of para-hydroxylation sites is 2. The Hall–Kier alpha value is -9.68. The first-order valence-corrected chi connectivity index (χ1v) is 28.8. The number of aromatic nitrogens is 3. The summed E-state index contributed by atoms with van der Waals surface area (Å²) in [5.41, 5.74) is 20.8. The smallest absolute Gasteiger partial charge is 0.341 e. The molecule has 0 bridgehead atoms. The van der Waals surface area contributed by atoms with E-state index in [1.54, 1.807) is 0 Å². The van der Waals surface area contributed by atoms with E-state index in [2.05, 4.69) is 291 Å². The molecule has 5 heteroatoms. The van der Waals surface area contributed by atoms with Gasteiger partial charge in [-0.05, 0) is 118 Å². The van der Waals surface area contributed by atoms with Crippen LogP contribution in [0, 0.1) is 0 Å². The van der Waals surface area contributed by atoms with Gasteiger partial charge in [0.2, 0.25) is 0 Å². The van der Waals surface area contributed by atoms with Gasteiger partial charge >= 0.3 is 8.40 Å². The molecule has 0 N–H and O–H groups in total. The van der Waals surface area contributed by atoms with Crippen molar-refractivity contribution in [3.8, 4) is 39.1 Å². The van der Waals surface area contributed by atoms with Gasteiger partial charge in [0.05, 0.1) is 22.1 Å². The van der Waals surface area contributed by atoms with E-state index in [4.69, 9.17) is 0 Å². The number of fused-ring (bicyclic) bond motifs is 12. The van der Waals surface area contributed by atoms with Crippen LogP contribution in [-0.2, 0) is 0 Å². The summed E-state index contributed by atoms with van der Waals surface area (Å²) in [5, 5.41) is 10.4. The molecular weight excluding hydrogens is 949 g/mol. The van der Waals surface area contributed by atoms with Crippen LogP contribution in [0.4, 0.5) is 17.1 Å².